The highest BCUT2D eigenvalue weighted by Crippen LogP contribution is 2.31. The summed E-state index contributed by atoms with van der Waals surface area (Å²) >= 11 is 5.28. The molecule has 1 N–H and O–H groups in total. The van der Waals surface area contributed by atoms with Crippen LogP contribution in [-0.2, 0) is 0 Å². The number of hydrogen-bond donors (Lipinski definition) is 1. The SMILES string of the molecule is CC(Nc1cccnc1-n1cncn1)c1sccc1Br. The van der Waals surface area contributed by atoms with Gasteiger partial charge in [0.25, 0.3) is 0 Å². The summed E-state index contributed by atoms with van der Waals surface area (Å²) in [6, 6.07) is 6.12. The van der Waals surface area contributed by atoms with Crippen molar-refractivity contribution in [3.05, 3.63) is 51.8 Å². The number of anilines is 1. The molecule has 0 aliphatic carbocycles. The van der Waals surface area contributed by atoms with Crippen molar-refractivity contribution in [1.29, 1.82) is 0 Å². The average molecular weight is 350 g/mol. The van der Waals surface area contributed by atoms with Crippen molar-refractivity contribution in [3.8, 4) is 5.82 Å². The topological polar surface area (TPSA) is 55.6 Å². The highest BCUT2D eigenvalue weighted by atomic mass is 79.9. The molecule has 0 radical (unpaired) electrons. The minimum absolute atomic E-state index is 0.177. The molecule has 3 rings (SSSR count). The number of nitrogens with zero attached hydrogens (tertiary/aromatic N) is 4. The number of pyridine rings is 1. The summed E-state index contributed by atoms with van der Waals surface area (Å²) < 4.78 is 2.77. The first-order chi connectivity index (χ1) is 9.75. The summed E-state index contributed by atoms with van der Waals surface area (Å²) in [7, 11) is 0. The lowest BCUT2D eigenvalue weighted by atomic mass is 10.2. The molecule has 7 heteroatoms. The molecule has 5 nitrogen and oxygen atoms in total. The molecule has 0 bridgehead atoms. The van der Waals surface area contributed by atoms with E-state index in [4.69, 9.17) is 0 Å². The minimum atomic E-state index is 0.177. The lowest BCUT2D eigenvalue weighted by Crippen LogP contribution is -2.10. The fourth-order valence-corrected chi connectivity index (χ4v) is 3.65. The van der Waals surface area contributed by atoms with Crippen LogP contribution >= 0.6 is 27.3 Å². The van der Waals surface area contributed by atoms with Crippen molar-refractivity contribution >= 4 is 33.0 Å². The van der Waals surface area contributed by atoms with E-state index < -0.39 is 0 Å². The van der Waals surface area contributed by atoms with Gasteiger partial charge in [0, 0.05) is 15.5 Å². The summed E-state index contributed by atoms with van der Waals surface area (Å²) in [4.78, 5) is 9.58. The van der Waals surface area contributed by atoms with E-state index in [-0.39, 0.29) is 6.04 Å². The maximum atomic E-state index is 4.37. The molecular weight excluding hydrogens is 338 g/mol. The van der Waals surface area contributed by atoms with Gasteiger partial charge in [-0.3, -0.25) is 0 Å². The molecule has 0 aromatic carbocycles. The second kappa shape index (κ2) is 5.72. The zero-order chi connectivity index (χ0) is 13.9. The lowest BCUT2D eigenvalue weighted by molar-refractivity contribution is 0.832. The van der Waals surface area contributed by atoms with Crippen molar-refractivity contribution in [2.24, 2.45) is 0 Å². The Morgan fingerprint density at radius 1 is 1.40 bits per heavy atom. The van der Waals surface area contributed by atoms with E-state index in [1.165, 1.54) is 11.2 Å². The third-order valence-corrected chi connectivity index (χ3v) is 4.89. The van der Waals surface area contributed by atoms with Crippen molar-refractivity contribution in [2.75, 3.05) is 5.32 Å². The first-order valence-electron chi connectivity index (χ1n) is 6.05. The van der Waals surface area contributed by atoms with Crippen LogP contribution in [0.15, 0.2) is 46.9 Å². The van der Waals surface area contributed by atoms with Gasteiger partial charge < -0.3 is 5.32 Å². The van der Waals surface area contributed by atoms with E-state index in [1.54, 1.807) is 28.5 Å². The Morgan fingerprint density at radius 3 is 3.00 bits per heavy atom. The van der Waals surface area contributed by atoms with Crippen LogP contribution in [0.1, 0.15) is 17.8 Å². The van der Waals surface area contributed by atoms with E-state index in [0.717, 1.165) is 16.0 Å². The second-order valence-corrected chi connectivity index (χ2v) is 6.02. The van der Waals surface area contributed by atoms with Crippen LogP contribution in [0, 0.1) is 0 Å². The van der Waals surface area contributed by atoms with Gasteiger partial charge in [0.1, 0.15) is 12.7 Å². The molecule has 1 atom stereocenters. The Bertz CT molecular complexity index is 694. The van der Waals surface area contributed by atoms with Crippen LogP contribution in [0.3, 0.4) is 0 Å². The van der Waals surface area contributed by atoms with Crippen molar-refractivity contribution in [1.82, 2.24) is 19.7 Å². The Kier molecular flexibility index (Phi) is 3.79. The Balaban J connectivity index is 1.90. The number of thiophene rings is 1. The summed E-state index contributed by atoms with van der Waals surface area (Å²) in [6.07, 6.45) is 4.88. The molecule has 3 aromatic heterocycles. The van der Waals surface area contributed by atoms with E-state index in [2.05, 4.69) is 54.7 Å². The predicted octanol–water partition coefficient (Wildman–Crippen LogP) is 3.66. The summed E-state index contributed by atoms with van der Waals surface area (Å²) in [6.45, 7) is 2.12. The summed E-state index contributed by atoms with van der Waals surface area (Å²) in [5.41, 5.74) is 0.922. The van der Waals surface area contributed by atoms with E-state index in [9.17, 15) is 0 Å². The molecule has 0 spiro atoms. The Labute approximate surface area is 128 Å². The smallest absolute Gasteiger partial charge is 0.178 e. The quantitative estimate of drug-likeness (QED) is 0.780. The van der Waals surface area contributed by atoms with Gasteiger partial charge >= 0.3 is 0 Å². The normalized spacial score (nSPS) is 12.3. The molecule has 0 saturated carbocycles. The van der Waals surface area contributed by atoms with Gasteiger partial charge in [-0.25, -0.2) is 14.6 Å². The molecule has 3 aromatic rings. The zero-order valence-electron chi connectivity index (χ0n) is 10.7. The maximum Gasteiger partial charge on any atom is 0.178 e. The standard InChI is InChI=1S/C13H12BrN5S/c1-9(12-10(14)4-6-20-12)18-11-3-2-5-16-13(11)19-8-15-7-17-19/h2-9,18H,1H3. The first-order valence-corrected chi connectivity index (χ1v) is 7.72. The molecule has 0 aliphatic rings. The van der Waals surface area contributed by atoms with Crippen molar-refractivity contribution < 1.29 is 0 Å². The molecule has 3 heterocycles. The third kappa shape index (κ3) is 2.59. The highest BCUT2D eigenvalue weighted by molar-refractivity contribution is 9.10. The molecule has 0 amide bonds. The summed E-state index contributed by atoms with van der Waals surface area (Å²) in [5, 5.41) is 9.67. The Morgan fingerprint density at radius 2 is 2.30 bits per heavy atom. The van der Waals surface area contributed by atoms with Crippen LogP contribution in [0.4, 0.5) is 5.69 Å². The van der Waals surface area contributed by atoms with Crippen molar-refractivity contribution in [2.45, 2.75) is 13.0 Å². The van der Waals surface area contributed by atoms with Gasteiger partial charge in [-0.05, 0) is 46.4 Å². The zero-order valence-corrected chi connectivity index (χ0v) is 13.1. The van der Waals surface area contributed by atoms with E-state index in [0.29, 0.717) is 0 Å². The lowest BCUT2D eigenvalue weighted by Gasteiger charge is -2.16. The van der Waals surface area contributed by atoms with Gasteiger partial charge in [0.15, 0.2) is 5.82 Å². The Hall–Kier alpha value is -1.73. The van der Waals surface area contributed by atoms with Crippen LogP contribution < -0.4 is 5.32 Å². The fourth-order valence-electron chi connectivity index (χ4n) is 1.92. The monoisotopic (exact) mass is 349 g/mol. The van der Waals surface area contributed by atoms with Gasteiger partial charge in [-0.1, -0.05) is 0 Å². The number of nitrogens with one attached hydrogen (secondary N) is 1. The van der Waals surface area contributed by atoms with Gasteiger partial charge in [0.2, 0.25) is 0 Å². The molecule has 20 heavy (non-hydrogen) atoms. The number of halogens is 1. The number of hydrogen-bond acceptors (Lipinski definition) is 5. The van der Waals surface area contributed by atoms with Crippen LogP contribution in [0.5, 0.6) is 0 Å². The van der Waals surface area contributed by atoms with Gasteiger partial charge in [0.05, 0.1) is 11.7 Å². The molecule has 0 fully saturated rings. The van der Waals surface area contributed by atoms with E-state index >= 15 is 0 Å². The second-order valence-electron chi connectivity index (χ2n) is 4.21. The molecule has 0 aliphatic heterocycles. The van der Waals surface area contributed by atoms with Gasteiger partial charge in [-0.2, -0.15) is 5.10 Å². The largest absolute Gasteiger partial charge is 0.375 e. The maximum absolute atomic E-state index is 4.37. The first kappa shape index (κ1) is 13.3. The van der Waals surface area contributed by atoms with Crippen LogP contribution in [0.25, 0.3) is 5.82 Å². The summed E-state index contributed by atoms with van der Waals surface area (Å²) in [5.74, 6) is 0.740. The molecule has 102 valence electrons. The van der Waals surface area contributed by atoms with Crippen LogP contribution in [0.2, 0.25) is 0 Å². The predicted molar refractivity (Wildman–Crippen MR) is 83.2 cm³/mol. The molecule has 1 unspecified atom stereocenters. The highest BCUT2D eigenvalue weighted by Gasteiger charge is 2.13. The van der Waals surface area contributed by atoms with Gasteiger partial charge in [-0.15, -0.1) is 11.3 Å². The van der Waals surface area contributed by atoms with E-state index in [1.807, 2.05) is 12.1 Å². The fraction of sp³-hybridized carbons (Fsp3) is 0.154. The molecule has 0 saturated heterocycles. The van der Waals surface area contributed by atoms with Crippen molar-refractivity contribution in [3.63, 3.8) is 0 Å². The van der Waals surface area contributed by atoms with Crippen LogP contribution in [-0.4, -0.2) is 19.7 Å². The molecular formula is C13H12BrN5S. The number of aromatic nitrogens is 4. The third-order valence-electron chi connectivity index (χ3n) is 2.83. The minimum Gasteiger partial charge on any atom is -0.375 e. The average Bonchev–Trinajstić information content (AvgIpc) is 3.10. The number of rotatable bonds is 4.